The average Bonchev–Trinajstić information content (AvgIpc) is 2.28. The normalized spacial score (nSPS) is 19.1. The number of hydrogen-bond acceptors (Lipinski definition) is 3. The molecular weight excluding hydrogens is 216 g/mol. The van der Waals surface area contributed by atoms with E-state index in [2.05, 4.69) is 19.2 Å². The number of phenols is 1. The molecule has 92 valence electrons. The van der Waals surface area contributed by atoms with Gasteiger partial charge in [0.1, 0.15) is 5.75 Å². The van der Waals surface area contributed by atoms with Crippen LogP contribution in [0, 0.1) is 0 Å². The van der Waals surface area contributed by atoms with Crippen LogP contribution in [0.5, 0.6) is 5.75 Å². The number of nitrogens with zero attached hydrogens (tertiary/aromatic N) is 1. The van der Waals surface area contributed by atoms with E-state index in [-0.39, 0.29) is 17.2 Å². The van der Waals surface area contributed by atoms with E-state index in [4.69, 9.17) is 0 Å². The fraction of sp³-hybridized carbons (Fsp3) is 0.462. The van der Waals surface area contributed by atoms with Gasteiger partial charge in [-0.25, -0.2) is 0 Å². The zero-order valence-electron chi connectivity index (χ0n) is 10.2. The molecule has 0 bridgehead atoms. The SMILES string of the molecule is CC1(C)CNCCN1C(=O)c1ccc(O)cc1. The maximum absolute atomic E-state index is 12.3. The molecule has 4 heteroatoms. The second-order valence-electron chi connectivity index (χ2n) is 4.99. The zero-order chi connectivity index (χ0) is 12.5. The van der Waals surface area contributed by atoms with Gasteiger partial charge in [0.05, 0.1) is 5.54 Å². The third-order valence-electron chi connectivity index (χ3n) is 3.16. The Hall–Kier alpha value is -1.55. The van der Waals surface area contributed by atoms with E-state index >= 15 is 0 Å². The lowest BCUT2D eigenvalue weighted by atomic mass is 9.99. The van der Waals surface area contributed by atoms with Crippen LogP contribution in [0.1, 0.15) is 24.2 Å². The van der Waals surface area contributed by atoms with Crippen molar-refractivity contribution in [3.05, 3.63) is 29.8 Å². The second kappa shape index (κ2) is 4.37. The molecule has 2 rings (SSSR count). The highest BCUT2D eigenvalue weighted by atomic mass is 16.3. The number of amides is 1. The zero-order valence-corrected chi connectivity index (χ0v) is 10.2. The Bertz CT molecular complexity index is 412. The van der Waals surface area contributed by atoms with Crippen molar-refractivity contribution in [2.24, 2.45) is 0 Å². The molecule has 1 amide bonds. The van der Waals surface area contributed by atoms with Crippen molar-refractivity contribution in [3.63, 3.8) is 0 Å². The predicted octanol–water partition coefficient (Wildman–Crippen LogP) is 1.22. The highest BCUT2D eigenvalue weighted by Gasteiger charge is 2.33. The monoisotopic (exact) mass is 234 g/mol. The van der Waals surface area contributed by atoms with Crippen molar-refractivity contribution in [1.29, 1.82) is 0 Å². The highest BCUT2D eigenvalue weighted by molar-refractivity contribution is 5.94. The number of piperazine rings is 1. The summed E-state index contributed by atoms with van der Waals surface area (Å²) in [5.74, 6) is 0.206. The summed E-state index contributed by atoms with van der Waals surface area (Å²) in [6.07, 6.45) is 0. The van der Waals surface area contributed by atoms with Gasteiger partial charge in [0.15, 0.2) is 0 Å². The Morgan fingerprint density at radius 3 is 2.59 bits per heavy atom. The van der Waals surface area contributed by atoms with Crippen molar-refractivity contribution in [1.82, 2.24) is 10.2 Å². The molecule has 0 atom stereocenters. The highest BCUT2D eigenvalue weighted by Crippen LogP contribution is 2.20. The standard InChI is InChI=1S/C13H18N2O2/c1-13(2)9-14-7-8-15(13)12(17)10-3-5-11(16)6-4-10/h3-6,14,16H,7-9H2,1-2H3. The topological polar surface area (TPSA) is 52.6 Å². The number of hydrogen-bond donors (Lipinski definition) is 2. The van der Waals surface area contributed by atoms with E-state index in [1.54, 1.807) is 24.3 Å². The smallest absolute Gasteiger partial charge is 0.254 e. The van der Waals surface area contributed by atoms with Crippen LogP contribution in [0.2, 0.25) is 0 Å². The van der Waals surface area contributed by atoms with E-state index in [9.17, 15) is 9.90 Å². The molecule has 0 unspecified atom stereocenters. The van der Waals surface area contributed by atoms with Gasteiger partial charge in [-0.2, -0.15) is 0 Å². The molecule has 1 aromatic carbocycles. The first-order valence-corrected chi connectivity index (χ1v) is 5.82. The van der Waals surface area contributed by atoms with E-state index in [0.29, 0.717) is 12.1 Å². The minimum atomic E-state index is -0.173. The van der Waals surface area contributed by atoms with Crippen molar-refractivity contribution in [2.75, 3.05) is 19.6 Å². The third-order valence-corrected chi connectivity index (χ3v) is 3.16. The maximum Gasteiger partial charge on any atom is 0.254 e. The lowest BCUT2D eigenvalue weighted by molar-refractivity contribution is 0.0477. The quantitative estimate of drug-likeness (QED) is 0.768. The molecule has 1 fully saturated rings. The molecule has 0 aromatic heterocycles. The minimum Gasteiger partial charge on any atom is -0.508 e. The van der Waals surface area contributed by atoms with Crippen molar-refractivity contribution >= 4 is 5.91 Å². The number of nitrogens with one attached hydrogen (secondary N) is 1. The molecule has 1 aromatic rings. The number of aromatic hydroxyl groups is 1. The van der Waals surface area contributed by atoms with Gasteiger partial charge in [-0.3, -0.25) is 4.79 Å². The van der Waals surface area contributed by atoms with Crippen molar-refractivity contribution < 1.29 is 9.90 Å². The van der Waals surface area contributed by atoms with Crippen LogP contribution in [-0.2, 0) is 0 Å². The summed E-state index contributed by atoms with van der Waals surface area (Å²) >= 11 is 0. The van der Waals surface area contributed by atoms with E-state index in [0.717, 1.165) is 13.1 Å². The van der Waals surface area contributed by atoms with Gasteiger partial charge >= 0.3 is 0 Å². The van der Waals surface area contributed by atoms with Crippen LogP contribution in [0.4, 0.5) is 0 Å². The molecule has 17 heavy (non-hydrogen) atoms. The Labute approximate surface area is 101 Å². The number of carbonyl (C=O) groups is 1. The summed E-state index contributed by atoms with van der Waals surface area (Å²) in [6, 6.07) is 6.41. The second-order valence-corrected chi connectivity index (χ2v) is 4.99. The summed E-state index contributed by atoms with van der Waals surface area (Å²) < 4.78 is 0. The first-order chi connectivity index (χ1) is 8.00. The Balaban J connectivity index is 2.21. The van der Waals surface area contributed by atoms with Crippen LogP contribution in [-0.4, -0.2) is 41.1 Å². The van der Waals surface area contributed by atoms with Gasteiger partial charge in [-0.05, 0) is 38.1 Å². The average molecular weight is 234 g/mol. The van der Waals surface area contributed by atoms with Gasteiger partial charge in [0.25, 0.3) is 5.91 Å². The third kappa shape index (κ3) is 2.42. The predicted molar refractivity (Wildman–Crippen MR) is 66.1 cm³/mol. The Morgan fingerprint density at radius 2 is 2.00 bits per heavy atom. The summed E-state index contributed by atoms with van der Waals surface area (Å²) in [5.41, 5.74) is 0.450. The molecular formula is C13H18N2O2. The summed E-state index contributed by atoms with van der Waals surface area (Å²) in [6.45, 7) is 6.45. The molecule has 0 aliphatic carbocycles. The molecule has 1 heterocycles. The van der Waals surface area contributed by atoms with Gasteiger partial charge in [-0.15, -0.1) is 0 Å². The van der Waals surface area contributed by atoms with Crippen LogP contribution < -0.4 is 5.32 Å². The van der Waals surface area contributed by atoms with Gasteiger partial charge in [0, 0.05) is 25.2 Å². The lowest BCUT2D eigenvalue weighted by Gasteiger charge is -2.42. The molecule has 1 aliphatic rings. The number of rotatable bonds is 1. The largest absolute Gasteiger partial charge is 0.508 e. The Kier molecular flexibility index (Phi) is 3.07. The molecule has 0 spiro atoms. The Morgan fingerprint density at radius 1 is 1.35 bits per heavy atom. The number of benzene rings is 1. The molecule has 2 N–H and O–H groups in total. The van der Waals surface area contributed by atoms with Crippen LogP contribution >= 0.6 is 0 Å². The fourth-order valence-corrected chi connectivity index (χ4v) is 2.12. The first-order valence-electron chi connectivity index (χ1n) is 5.82. The van der Waals surface area contributed by atoms with E-state index < -0.39 is 0 Å². The first kappa shape index (κ1) is 11.9. The van der Waals surface area contributed by atoms with Crippen LogP contribution in [0.15, 0.2) is 24.3 Å². The lowest BCUT2D eigenvalue weighted by Crippen LogP contribution is -2.59. The van der Waals surface area contributed by atoms with Gasteiger partial charge < -0.3 is 15.3 Å². The van der Waals surface area contributed by atoms with Crippen molar-refractivity contribution in [2.45, 2.75) is 19.4 Å². The molecule has 0 radical (unpaired) electrons. The minimum absolute atomic E-state index is 0.0245. The maximum atomic E-state index is 12.3. The van der Waals surface area contributed by atoms with Crippen molar-refractivity contribution in [3.8, 4) is 5.75 Å². The molecule has 1 saturated heterocycles. The van der Waals surface area contributed by atoms with Gasteiger partial charge in [-0.1, -0.05) is 0 Å². The molecule has 0 saturated carbocycles. The summed E-state index contributed by atoms with van der Waals surface area (Å²) in [5, 5.41) is 12.5. The fourth-order valence-electron chi connectivity index (χ4n) is 2.12. The van der Waals surface area contributed by atoms with E-state index in [1.165, 1.54) is 0 Å². The number of phenolic OH excluding ortho intramolecular Hbond substituents is 1. The summed E-state index contributed by atoms with van der Waals surface area (Å²) in [7, 11) is 0. The van der Waals surface area contributed by atoms with Gasteiger partial charge in [0.2, 0.25) is 0 Å². The number of carbonyl (C=O) groups excluding carboxylic acids is 1. The van der Waals surface area contributed by atoms with E-state index in [1.807, 2.05) is 4.90 Å². The van der Waals surface area contributed by atoms with Crippen LogP contribution in [0.3, 0.4) is 0 Å². The molecule has 1 aliphatic heterocycles. The summed E-state index contributed by atoms with van der Waals surface area (Å²) in [4.78, 5) is 14.2. The molecule has 4 nitrogen and oxygen atoms in total. The van der Waals surface area contributed by atoms with Crippen LogP contribution in [0.25, 0.3) is 0 Å².